The van der Waals surface area contributed by atoms with E-state index >= 15 is 0 Å². The molecule has 1 saturated heterocycles. The minimum Gasteiger partial charge on any atom is -0.493 e. The Hall–Kier alpha value is -4.81. The van der Waals surface area contributed by atoms with E-state index in [1.54, 1.807) is 44.6 Å². The van der Waals surface area contributed by atoms with Crippen LogP contribution < -0.4 is 35.5 Å². The first-order valence-corrected chi connectivity index (χ1v) is 15.9. The molecule has 3 aliphatic heterocycles. The van der Waals surface area contributed by atoms with Gasteiger partial charge in [-0.1, -0.05) is 38.1 Å². The maximum absolute atomic E-state index is 13.6. The molecule has 2 aromatic carbocycles. The van der Waals surface area contributed by atoms with Crippen LogP contribution in [0.4, 0.5) is 0 Å². The van der Waals surface area contributed by atoms with E-state index in [1.807, 2.05) is 26.0 Å². The molecule has 254 valence electrons. The molecular weight excluding hydrogens is 606 g/mol. The molecule has 47 heavy (non-hydrogen) atoms. The van der Waals surface area contributed by atoms with Crippen LogP contribution in [0.25, 0.3) is 0 Å². The molecule has 2 aromatic rings. The van der Waals surface area contributed by atoms with Gasteiger partial charge in [0.2, 0.25) is 23.6 Å². The van der Waals surface area contributed by atoms with Crippen LogP contribution in [-0.2, 0) is 36.8 Å². The Morgan fingerprint density at radius 1 is 1.00 bits per heavy atom. The highest BCUT2D eigenvalue weighted by Crippen LogP contribution is 2.30. The molecule has 13 nitrogen and oxygen atoms in total. The lowest BCUT2D eigenvalue weighted by Gasteiger charge is -2.31. The molecule has 5 amide bonds. The third-order valence-corrected chi connectivity index (χ3v) is 8.38. The molecule has 5 rings (SSSR count). The van der Waals surface area contributed by atoms with E-state index in [1.165, 1.54) is 11.8 Å². The highest BCUT2D eigenvalue weighted by atomic mass is 16.5. The third-order valence-electron chi connectivity index (χ3n) is 8.38. The lowest BCUT2D eigenvalue weighted by atomic mass is 10.0. The van der Waals surface area contributed by atoms with Gasteiger partial charge >= 0.3 is 0 Å². The Morgan fingerprint density at radius 2 is 1.74 bits per heavy atom. The van der Waals surface area contributed by atoms with Crippen LogP contribution in [0.1, 0.15) is 44.7 Å². The Morgan fingerprint density at radius 3 is 2.43 bits per heavy atom. The fourth-order valence-corrected chi connectivity index (χ4v) is 5.79. The van der Waals surface area contributed by atoms with Crippen molar-refractivity contribution in [1.29, 1.82) is 0 Å². The van der Waals surface area contributed by atoms with Crippen LogP contribution in [-0.4, -0.2) is 92.5 Å². The minimum absolute atomic E-state index is 0.155. The maximum atomic E-state index is 13.6. The van der Waals surface area contributed by atoms with E-state index in [2.05, 4.69) is 21.3 Å². The first kappa shape index (κ1) is 35.1. The van der Waals surface area contributed by atoms with E-state index in [0.717, 1.165) is 11.1 Å². The highest BCUT2D eigenvalue weighted by Gasteiger charge is 2.39. The molecule has 2 bridgehead atoms. The third kappa shape index (κ3) is 8.93. The summed E-state index contributed by atoms with van der Waals surface area (Å²) < 4.78 is 16.5. The number of hydrogen-bond acceptors (Lipinski definition) is 8. The largest absolute Gasteiger partial charge is 0.493 e. The van der Waals surface area contributed by atoms with Gasteiger partial charge < -0.3 is 40.4 Å². The summed E-state index contributed by atoms with van der Waals surface area (Å²) in [5, 5.41) is 11.2. The Bertz CT molecular complexity index is 1450. The Balaban J connectivity index is 1.53. The second-order valence-corrected chi connectivity index (χ2v) is 12.1. The molecule has 3 aliphatic rings. The highest BCUT2D eigenvalue weighted by molar-refractivity contribution is 5.96. The smallest absolute Gasteiger partial charge is 0.258 e. The van der Waals surface area contributed by atoms with Crippen molar-refractivity contribution in [3.05, 3.63) is 53.6 Å². The summed E-state index contributed by atoms with van der Waals surface area (Å²) in [6, 6.07) is 8.74. The van der Waals surface area contributed by atoms with Crippen LogP contribution in [0, 0.1) is 5.92 Å². The number of carbonyl (C=O) groups is 5. The predicted octanol–water partition coefficient (Wildman–Crippen LogP) is 1.12. The molecule has 4 N–H and O–H groups in total. The van der Waals surface area contributed by atoms with E-state index in [9.17, 15) is 24.0 Å². The zero-order valence-corrected chi connectivity index (χ0v) is 27.6. The van der Waals surface area contributed by atoms with Crippen molar-refractivity contribution in [2.75, 3.05) is 33.9 Å². The summed E-state index contributed by atoms with van der Waals surface area (Å²) in [7, 11) is 3.10. The zero-order chi connectivity index (χ0) is 34.1. The number of amides is 5. The van der Waals surface area contributed by atoms with Gasteiger partial charge in [0.1, 0.15) is 29.9 Å². The van der Waals surface area contributed by atoms with Crippen molar-refractivity contribution in [2.24, 2.45) is 5.92 Å². The number of ether oxygens (including phenoxy) is 3. The van der Waals surface area contributed by atoms with E-state index in [0.29, 0.717) is 43.1 Å². The van der Waals surface area contributed by atoms with Gasteiger partial charge in [0.25, 0.3) is 5.91 Å². The zero-order valence-electron chi connectivity index (χ0n) is 27.6. The van der Waals surface area contributed by atoms with Gasteiger partial charge in [-0.25, -0.2) is 0 Å². The number of benzene rings is 2. The number of carbonyl (C=O) groups excluding carboxylic acids is 5. The van der Waals surface area contributed by atoms with Crippen LogP contribution in [0.2, 0.25) is 0 Å². The monoisotopic (exact) mass is 651 g/mol. The Labute approximate surface area is 275 Å². The number of para-hydroxylation sites is 1. The summed E-state index contributed by atoms with van der Waals surface area (Å²) in [5.41, 5.74) is 1.58. The van der Waals surface area contributed by atoms with Gasteiger partial charge in [0, 0.05) is 19.5 Å². The average Bonchev–Trinajstić information content (AvgIpc) is 3.56. The minimum atomic E-state index is -0.991. The van der Waals surface area contributed by atoms with Gasteiger partial charge in [-0.05, 0) is 61.4 Å². The molecular formula is C34H45N5O8. The lowest BCUT2D eigenvalue weighted by Crippen LogP contribution is -2.58. The first-order valence-electron chi connectivity index (χ1n) is 15.9. The predicted molar refractivity (Wildman–Crippen MR) is 173 cm³/mol. The molecule has 0 spiro atoms. The van der Waals surface area contributed by atoms with Gasteiger partial charge in [0.05, 0.1) is 14.2 Å². The summed E-state index contributed by atoms with van der Waals surface area (Å²) in [4.78, 5) is 68.0. The lowest BCUT2D eigenvalue weighted by molar-refractivity contribution is -0.143. The second-order valence-electron chi connectivity index (χ2n) is 12.1. The molecule has 0 aliphatic carbocycles. The molecule has 1 fully saturated rings. The quantitative estimate of drug-likeness (QED) is 0.346. The fourth-order valence-electron chi connectivity index (χ4n) is 5.79. The number of methoxy groups -OCH3 is 2. The van der Waals surface area contributed by atoms with Crippen molar-refractivity contribution in [1.82, 2.24) is 26.2 Å². The van der Waals surface area contributed by atoms with Gasteiger partial charge in [0.15, 0.2) is 18.1 Å². The molecule has 0 unspecified atom stereocenters. The number of hydrogen-bond donors (Lipinski definition) is 4. The summed E-state index contributed by atoms with van der Waals surface area (Å²) >= 11 is 0. The second kappa shape index (κ2) is 16.1. The van der Waals surface area contributed by atoms with E-state index in [-0.39, 0.29) is 31.4 Å². The normalized spacial score (nSPS) is 22.6. The molecule has 13 heteroatoms. The summed E-state index contributed by atoms with van der Waals surface area (Å²) in [5.74, 6) is -0.920. The van der Waals surface area contributed by atoms with Gasteiger partial charge in [-0.3, -0.25) is 24.0 Å². The SMILES string of the molecule is COc1cccc(CCNC(=O)[C@@H]2Cc3ccc(cc3)OCC(=O)N[C@H](C(C)C)C(=O)N3CCC[C@H]3C(=O)N[C@@H](C)C(=O)N2)c1OC. The average molecular weight is 652 g/mol. The van der Waals surface area contributed by atoms with Crippen LogP contribution >= 0.6 is 0 Å². The fraction of sp³-hybridized carbons (Fsp3) is 0.500. The maximum Gasteiger partial charge on any atom is 0.258 e. The standard InChI is InChI=1S/C34H45N5O8/c1-20(2)29-34(44)39-17-7-9-26(39)33(43)36-21(3)31(41)37-25(18-22-11-13-24(14-12-22)47-19-28(40)38-29)32(42)35-16-15-23-8-6-10-27(45-4)30(23)46-5/h6,8,10-14,20-21,25-26,29H,7,9,15-19H2,1-5H3,(H,35,42)(H,36,43)(H,37,41)(H,38,40)/t21-,25-,26-,29+/m0/s1. The molecule has 0 saturated carbocycles. The van der Waals surface area contributed by atoms with Crippen molar-refractivity contribution < 1.29 is 38.2 Å². The van der Waals surface area contributed by atoms with Crippen molar-refractivity contribution >= 4 is 29.5 Å². The number of nitrogens with one attached hydrogen (secondary N) is 4. The van der Waals surface area contributed by atoms with Crippen LogP contribution in [0.3, 0.4) is 0 Å². The van der Waals surface area contributed by atoms with E-state index < -0.39 is 47.8 Å². The van der Waals surface area contributed by atoms with Crippen LogP contribution in [0.15, 0.2) is 42.5 Å². The van der Waals surface area contributed by atoms with Crippen molar-refractivity contribution in [3.8, 4) is 17.2 Å². The number of nitrogens with zero attached hydrogens (tertiary/aromatic N) is 1. The summed E-state index contributed by atoms with van der Waals surface area (Å²) in [6.45, 7) is 5.47. The van der Waals surface area contributed by atoms with E-state index in [4.69, 9.17) is 14.2 Å². The van der Waals surface area contributed by atoms with Crippen molar-refractivity contribution in [2.45, 2.75) is 70.6 Å². The van der Waals surface area contributed by atoms with Crippen LogP contribution in [0.5, 0.6) is 17.2 Å². The molecule has 4 atom stereocenters. The topological polar surface area (TPSA) is 164 Å². The van der Waals surface area contributed by atoms with Gasteiger partial charge in [-0.2, -0.15) is 0 Å². The number of rotatable bonds is 7. The van der Waals surface area contributed by atoms with Crippen molar-refractivity contribution in [3.63, 3.8) is 0 Å². The molecule has 0 aromatic heterocycles. The Kier molecular flexibility index (Phi) is 12.0. The van der Waals surface area contributed by atoms with Gasteiger partial charge in [-0.15, -0.1) is 0 Å². The summed E-state index contributed by atoms with van der Waals surface area (Å²) in [6.07, 6.45) is 1.63. The first-order chi connectivity index (χ1) is 22.5. The molecule has 0 radical (unpaired) electrons. The molecule has 3 heterocycles. The number of fused-ring (bicyclic) bond motifs is 13.